The van der Waals surface area contributed by atoms with Gasteiger partial charge in [0.05, 0.1) is 62.3 Å². The van der Waals surface area contributed by atoms with Crippen molar-refractivity contribution in [2.45, 2.75) is 63.5 Å². The number of hydrogen-bond acceptors (Lipinski definition) is 16. The molecule has 2 rings (SSSR count). The standard InChI is InChI=1S/C24H28N6O14/c25-15(23(39)41-19(35)3-1-17(31)32)7-13-9-29(11-27-13)43-21(37)5-6-22(38)44-30-10-14(28-12-30)8-16(26)24(40)42-20(36)4-2-18(33)34/h9-12,15-16H,1-8,25-26H2,(H,31,32)(H,33,34)/t15-,16-/m0/s1. The van der Waals surface area contributed by atoms with Crippen molar-refractivity contribution in [3.05, 3.63) is 36.4 Å². The van der Waals surface area contributed by atoms with Crippen molar-refractivity contribution in [2.75, 3.05) is 0 Å². The number of carboxylic acids is 2. The van der Waals surface area contributed by atoms with Crippen LogP contribution in [0.4, 0.5) is 0 Å². The van der Waals surface area contributed by atoms with Crippen molar-refractivity contribution in [3.63, 3.8) is 0 Å². The second kappa shape index (κ2) is 16.8. The average Bonchev–Trinajstić information content (AvgIpc) is 3.58. The van der Waals surface area contributed by atoms with Gasteiger partial charge in [0.15, 0.2) is 0 Å². The Hall–Kier alpha value is -5.50. The molecule has 44 heavy (non-hydrogen) atoms. The van der Waals surface area contributed by atoms with E-state index in [0.29, 0.717) is 0 Å². The number of carbonyl (C=O) groups excluding carboxylic acids is 6. The van der Waals surface area contributed by atoms with Crippen LogP contribution in [0.5, 0.6) is 0 Å². The van der Waals surface area contributed by atoms with E-state index in [0.717, 1.165) is 22.1 Å². The summed E-state index contributed by atoms with van der Waals surface area (Å²) in [7, 11) is 0. The van der Waals surface area contributed by atoms with Gasteiger partial charge in [-0.2, -0.15) is 9.46 Å². The lowest BCUT2D eigenvalue weighted by molar-refractivity contribution is -0.163. The van der Waals surface area contributed by atoms with E-state index < -0.39 is 98.4 Å². The highest BCUT2D eigenvalue weighted by Gasteiger charge is 2.23. The highest BCUT2D eigenvalue weighted by atomic mass is 16.7. The molecule has 0 unspecified atom stereocenters. The van der Waals surface area contributed by atoms with E-state index in [9.17, 15) is 38.4 Å². The number of carbonyl (C=O) groups is 8. The molecule has 0 fully saturated rings. The predicted octanol–water partition coefficient (Wildman–Crippen LogP) is -2.92. The maximum Gasteiger partial charge on any atom is 0.333 e. The molecule has 0 aliphatic heterocycles. The van der Waals surface area contributed by atoms with Crippen LogP contribution in [0.15, 0.2) is 25.0 Å². The minimum Gasteiger partial charge on any atom is -0.481 e. The number of aliphatic carboxylic acids is 2. The molecule has 0 aromatic carbocycles. The third kappa shape index (κ3) is 13.0. The number of imidazole rings is 2. The van der Waals surface area contributed by atoms with Gasteiger partial charge in [0.2, 0.25) is 0 Å². The van der Waals surface area contributed by atoms with Crippen LogP contribution in [0.25, 0.3) is 0 Å². The first-order valence-corrected chi connectivity index (χ1v) is 12.6. The molecule has 0 aliphatic carbocycles. The van der Waals surface area contributed by atoms with Crippen LogP contribution in [-0.2, 0) is 60.7 Å². The van der Waals surface area contributed by atoms with Crippen LogP contribution in [-0.4, -0.2) is 89.5 Å². The van der Waals surface area contributed by atoms with E-state index >= 15 is 0 Å². The summed E-state index contributed by atoms with van der Waals surface area (Å²) in [4.78, 5) is 110. The van der Waals surface area contributed by atoms with Crippen LogP contribution in [0, 0.1) is 0 Å². The van der Waals surface area contributed by atoms with Crippen LogP contribution < -0.4 is 21.1 Å². The summed E-state index contributed by atoms with van der Waals surface area (Å²) in [6.45, 7) is 0. The van der Waals surface area contributed by atoms with E-state index in [2.05, 4.69) is 19.4 Å². The molecule has 0 saturated heterocycles. The third-order valence-corrected chi connectivity index (χ3v) is 5.15. The van der Waals surface area contributed by atoms with Crippen molar-refractivity contribution < 1.29 is 67.7 Å². The predicted molar refractivity (Wildman–Crippen MR) is 136 cm³/mol. The normalized spacial score (nSPS) is 12.0. The van der Waals surface area contributed by atoms with Crippen molar-refractivity contribution in [3.8, 4) is 0 Å². The number of aromatic nitrogens is 4. The fraction of sp³-hybridized carbons (Fsp3) is 0.417. The molecule has 2 aromatic rings. The molecule has 0 radical (unpaired) electrons. The Labute approximate surface area is 246 Å². The van der Waals surface area contributed by atoms with Crippen molar-refractivity contribution in [2.24, 2.45) is 11.5 Å². The van der Waals surface area contributed by atoms with Gasteiger partial charge < -0.3 is 40.8 Å². The number of esters is 4. The Morgan fingerprint density at radius 1 is 0.614 bits per heavy atom. The summed E-state index contributed by atoms with van der Waals surface area (Å²) >= 11 is 0. The Kier molecular flexibility index (Phi) is 13.3. The smallest absolute Gasteiger partial charge is 0.333 e. The van der Waals surface area contributed by atoms with Crippen LogP contribution in [0.2, 0.25) is 0 Å². The maximum atomic E-state index is 12.1. The molecule has 2 heterocycles. The van der Waals surface area contributed by atoms with Gasteiger partial charge >= 0.3 is 47.8 Å². The van der Waals surface area contributed by atoms with Crippen LogP contribution in [0.3, 0.4) is 0 Å². The second-order valence-corrected chi connectivity index (χ2v) is 8.87. The van der Waals surface area contributed by atoms with Gasteiger partial charge in [-0.15, -0.1) is 0 Å². The Bertz CT molecular complexity index is 1290. The Morgan fingerprint density at radius 3 is 1.30 bits per heavy atom. The van der Waals surface area contributed by atoms with Crippen molar-refractivity contribution in [1.29, 1.82) is 0 Å². The molecular formula is C24H28N6O14. The van der Waals surface area contributed by atoms with Crippen molar-refractivity contribution in [1.82, 2.24) is 19.4 Å². The van der Waals surface area contributed by atoms with E-state index in [1.807, 2.05) is 0 Å². The highest BCUT2D eigenvalue weighted by Crippen LogP contribution is 2.05. The molecule has 20 heteroatoms. The van der Waals surface area contributed by atoms with Crippen LogP contribution in [0.1, 0.15) is 49.9 Å². The number of nitrogens with zero attached hydrogens (tertiary/aromatic N) is 4. The van der Waals surface area contributed by atoms with Gasteiger partial charge in [0, 0.05) is 12.8 Å². The van der Waals surface area contributed by atoms with E-state index in [1.54, 1.807) is 0 Å². The molecule has 0 amide bonds. The molecule has 0 aliphatic rings. The lowest BCUT2D eigenvalue weighted by atomic mass is 10.2. The Balaban J connectivity index is 1.72. The second-order valence-electron chi connectivity index (χ2n) is 8.87. The monoisotopic (exact) mass is 624 g/mol. The number of hydrogen-bond donors (Lipinski definition) is 4. The van der Waals surface area contributed by atoms with Gasteiger partial charge in [0.25, 0.3) is 0 Å². The maximum absolute atomic E-state index is 12.1. The first-order valence-electron chi connectivity index (χ1n) is 12.6. The molecule has 6 N–H and O–H groups in total. The minimum atomic E-state index is -1.31. The largest absolute Gasteiger partial charge is 0.481 e. The number of rotatable bonds is 17. The molecule has 0 saturated carbocycles. The van der Waals surface area contributed by atoms with Gasteiger partial charge in [-0.3, -0.25) is 19.2 Å². The number of ether oxygens (including phenoxy) is 2. The van der Waals surface area contributed by atoms with Crippen LogP contribution >= 0.6 is 0 Å². The molecule has 238 valence electrons. The molecule has 0 spiro atoms. The first-order chi connectivity index (χ1) is 20.7. The zero-order valence-electron chi connectivity index (χ0n) is 22.9. The molecule has 20 nitrogen and oxygen atoms in total. The third-order valence-electron chi connectivity index (χ3n) is 5.15. The van der Waals surface area contributed by atoms with Crippen molar-refractivity contribution >= 4 is 47.8 Å². The van der Waals surface area contributed by atoms with E-state index in [1.165, 1.54) is 12.4 Å². The molecule has 2 atom stereocenters. The number of nitrogens with two attached hydrogens (primary N) is 2. The summed E-state index contributed by atoms with van der Waals surface area (Å²) in [5.41, 5.74) is 11.7. The average molecular weight is 625 g/mol. The summed E-state index contributed by atoms with van der Waals surface area (Å²) in [5.74, 6) is -8.47. The van der Waals surface area contributed by atoms with Gasteiger partial charge in [0.1, 0.15) is 24.7 Å². The summed E-state index contributed by atoms with van der Waals surface area (Å²) in [5, 5.41) is 17.1. The molecular weight excluding hydrogens is 596 g/mol. The summed E-state index contributed by atoms with van der Waals surface area (Å²) in [6, 6.07) is -2.63. The lowest BCUT2D eigenvalue weighted by Gasteiger charge is -2.08. The highest BCUT2D eigenvalue weighted by molar-refractivity contribution is 5.90. The topological polar surface area (TPSA) is 302 Å². The fourth-order valence-electron chi connectivity index (χ4n) is 3.04. The molecule has 0 bridgehead atoms. The zero-order valence-corrected chi connectivity index (χ0v) is 22.9. The van der Waals surface area contributed by atoms with Gasteiger partial charge in [-0.1, -0.05) is 0 Å². The van der Waals surface area contributed by atoms with Gasteiger partial charge in [-0.25, -0.2) is 29.1 Å². The molecule has 2 aromatic heterocycles. The van der Waals surface area contributed by atoms with E-state index in [-0.39, 0.29) is 24.2 Å². The first kappa shape index (κ1) is 34.7. The lowest BCUT2D eigenvalue weighted by Crippen LogP contribution is -2.36. The summed E-state index contributed by atoms with van der Waals surface area (Å²) in [6.07, 6.45) is 1.33. The number of carboxylic acid groups (broad SMARTS) is 2. The Morgan fingerprint density at radius 2 is 0.955 bits per heavy atom. The SMILES string of the molecule is N[C@@H](Cc1cn(OC(=O)CCC(=O)On2cnc(C[C@H](N)C(=O)OC(=O)CCC(=O)O)c2)cn1)C(=O)OC(=O)CCC(=O)O. The van der Waals surface area contributed by atoms with E-state index in [4.69, 9.17) is 31.4 Å². The van der Waals surface area contributed by atoms with Gasteiger partial charge in [-0.05, 0) is 0 Å². The summed E-state index contributed by atoms with van der Waals surface area (Å²) < 4.78 is 10.7. The minimum absolute atomic E-state index is 0.188. The zero-order chi connectivity index (χ0) is 32.8. The fourth-order valence-corrected chi connectivity index (χ4v) is 3.04. The quantitative estimate of drug-likeness (QED) is 0.101.